The number of benzene rings is 1. The molecule has 1 aliphatic rings. The molecule has 1 amide bonds. The first-order valence-electron chi connectivity index (χ1n) is 7.82. The van der Waals surface area contributed by atoms with Gasteiger partial charge in [0, 0.05) is 5.56 Å². The number of ether oxygens (including phenoxy) is 1. The molecule has 6 heteroatoms. The Morgan fingerprint density at radius 2 is 1.96 bits per heavy atom. The van der Waals surface area contributed by atoms with Gasteiger partial charge in [-0.1, -0.05) is 25.2 Å². The van der Waals surface area contributed by atoms with E-state index in [-0.39, 0.29) is 18.1 Å². The maximum absolute atomic E-state index is 13.9. The van der Waals surface area contributed by atoms with Gasteiger partial charge >= 0.3 is 0 Å². The van der Waals surface area contributed by atoms with Crippen LogP contribution in [0.25, 0.3) is 0 Å². The van der Waals surface area contributed by atoms with Crippen LogP contribution in [0.5, 0.6) is 5.75 Å². The van der Waals surface area contributed by atoms with Crippen molar-refractivity contribution in [3.05, 3.63) is 29.3 Å². The van der Waals surface area contributed by atoms with E-state index in [4.69, 9.17) is 11.2 Å². The molecule has 4 nitrogen and oxygen atoms in total. The fourth-order valence-corrected chi connectivity index (χ4v) is 2.89. The van der Waals surface area contributed by atoms with Crippen LogP contribution in [0.4, 0.5) is 8.78 Å². The van der Waals surface area contributed by atoms with Gasteiger partial charge in [0.15, 0.2) is 17.4 Å². The molecule has 126 valence electrons. The Morgan fingerprint density at radius 1 is 1.33 bits per heavy atom. The number of carbonyl (C=O) groups is 1. The Morgan fingerprint density at radius 3 is 2.50 bits per heavy atom. The highest BCUT2D eigenvalue weighted by atomic mass is 19.1. The fourth-order valence-electron chi connectivity index (χ4n) is 2.89. The first kappa shape index (κ1) is 17.7. The second kappa shape index (κ2) is 8.31. The summed E-state index contributed by atoms with van der Waals surface area (Å²) in [5.74, 6) is -1.15. The van der Waals surface area contributed by atoms with E-state index in [0.717, 1.165) is 44.2 Å². The van der Waals surface area contributed by atoms with Crippen molar-refractivity contribution in [2.45, 2.75) is 38.1 Å². The van der Waals surface area contributed by atoms with Gasteiger partial charge in [0.05, 0.1) is 6.07 Å². The van der Waals surface area contributed by atoms with Gasteiger partial charge in [-0.2, -0.15) is 5.26 Å². The summed E-state index contributed by atoms with van der Waals surface area (Å²) >= 11 is 0. The molecule has 0 aromatic heterocycles. The summed E-state index contributed by atoms with van der Waals surface area (Å²) in [4.78, 5) is 12.2. The Kier molecular flexibility index (Phi) is 6.14. The number of carbonyl (C=O) groups excluding carboxylic acids is 1. The molecular weight excluding hydrogens is 314 g/mol. The molecular formula is C18H18F2N2O2. The zero-order valence-corrected chi connectivity index (χ0v) is 13.1. The van der Waals surface area contributed by atoms with Crippen molar-refractivity contribution >= 4 is 5.91 Å². The number of nitriles is 1. The lowest BCUT2D eigenvalue weighted by Crippen LogP contribution is -2.40. The van der Waals surface area contributed by atoms with Gasteiger partial charge in [0.2, 0.25) is 0 Å². The van der Waals surface area contributed by atoms with Gasteiger partial charge in [-0.25, -0.2) is 8.78 Å². The van der Waals surface area contributed by atoms with Crippen molar-refractivity contribution in [2.75, 3.05) is 6.61 Å². The van der Waals surface area contributed by atoms with Crippen molar-refractivity contribution < 1.29 is 18.3 Å². The van der Waals surface area contributed by atoms with E-state index in [1.165, 1.54) is 0 Å². The Bertz CT molecular complexity index is 662. The molecule has 1 saturated carbocycles. The molecule has 2 rings (SSSR count). The topological polar surface area (TPSA) is 62.1 Å². The van der Waals surface area contributed by atoms with E-state index in [0.29, 0.717) is 0 Å². The number of halogens is 2. The lowest BCUT2D eigenvalue weighted by Gasteiger charge is -2.26. The van der Waals surface area contributed by atoms with Crippen molar-refractivity contribution in [3.8, 4) is 24.2 Å². The fraction of sp³-hybridized carbons (Fsp3) is 0.444. The van der Waals surface area contributed by atoms with Crippen LogP contribution >= 0.6 is 0 Å². The molecule has 0 spiro atoms. The molecule has 1 fully saturated rings. The smallest absolute Gasteiger partial charge is 0.252 e. The summed E-state index contributed by atoms with van der Waals surface area (Å²) in [7, 11) is 0. The molecule has 0 radical (unpaired) electrons. The molecule has 1 aromatic rings. The summed E-state index contributed by atoms with van der Waals surface area (Å²) < 4.78 is 32.6. The minimum Gasteiger partial charge on any atom is -0.475 e. The predicted molar refractivity (Wildman–Crippen MR) is 84.1 cm³/mol. The van der Waals surface area contributed by atoms with E-state index in [2.05, 4.69) is 17.3 Å². The molecule has 1 N–H and O–H groups in total. The first-order chi connectivity index (χ1) is 11.6. The first-order valence-corrected chi connectivity index (χ1v) is 7.82. The average Bonchev–Trinajstić information content (AvgIpc) is 2.59. The van der Waals surface area contributed by atoms with Gasteiger partial charge in [0.1, 0.15) is 12.6 Å². The van der Waals surface area contributed by atoms with E-state index >= 15 is 0 Å². The maximum Gasteiger partial charge on any atom is 0.252 e. The standard InChI is InChI=1S/C18H18F2N2O2/c1-2-8-24-17-14(19)9-13(10-15(17)20)18(23)22-16(11-21)12-6-4-3-5-7-12/h1,9-10,12,16H,3-8H2,(H,22,23). The van der Waals surface area contributed by atoms with Crippen LogP contribution in [-0.4, -0.2) is 18.6 Å². The van der Waals surface area contributed by atoms with Gasteiger partial charge in [0.25, 0.3) is 5.91 Å². The number of terminal acetylenes is 1. The highest BCUT2D eigenvalue weighted by Crippen LogP contribution is 2.27. The Labute approximate surface area is 139 Å². The zero-order valence-electron chi connectivity index (χ0n) is 13.1. The molecule has 0 bridgehead atoms. The number of amides is 1. The molecule has 1 aromatic carbocycles. The van der Waals surface area contributed by atoms with Crippen molar-refractivity contribution in [1.82, 2.24) is 5.32 Å². The van der Waals surface area contributed by atoms with Crippen molar-refractivity contribution in [2.24, 2.45) is 5.92 Å². The zero-order chi connectivity index (χ0) is 17.5. The van der Waals surface area contributed by atoms with Crippen LogP contribution in [0.1, 0.15) is 42.5 Å². The molecule has 1 aliphatic carbocycles. The molecule has 0 heterocycles. The number of hydrogen-bond acceptors (Lipinski definition) is 3. The van der Waals surface area contributed by atoms with E-state index in [9.17, 15) is 18.8 Å². The summed E-state index contributed by atoms with van der Waals surface area (Å²) in [6.45, 7) is -0.280. The summed E-state index contributed by atoms with van der Waals surface area (Å²) in [6.07, 6.45) is 9.86. The lowest BCUT2D eigenvalue weighted by atomic mass is 9.84. The maximum atomic E-state index is 13.9. The van der Waals surface area contributed by atoms with Crippen LogP contribution in [0, 0.1) is 41.2 Å². The predicted octanol–water partition coefficient (Wildman–Crippen LogP) is 3.18. The highest BCUT2D eigenvalue weighted by Gasteiger charge is 2.26. The third-order valence-corrected chi connectivity index (χ3v) is 4.11. The van der Waals surface area contributed by atoms with E-state index < -0.39 is 29.3 Å². The highest BCUT2D eigenvalue weighted by molar-refractivity contribution is 5.94. The lowest BCUT2D eigenvalue weighted by molar-refractivity contribution is 0.0927. The molecule has 0 saturated heterocycles. The third kappa shape index (κ3) is 4.23. The van der Waals surface area contributed by atoms with Gasteiger partial charge in [-0.3, -0.25) is 4.79 Å². The van der Waals surface area contributed by atoms with Crippen LogP contribution in [-0.2, 0) is 0 Å². The third-order valence-electron chi connectivity index (χ3n) is 4.11. The van der Waals surface area contributed by atoms with Gasteiger partial charge in [-0.15, -0.1) is 6.42 Å². The molecule has 24 heavy (non-hydrogen) atoms. The largest absolute Gasteiger partial charge is 0.475 e. The number of nitrogens with one attached hydrogen (secondary N) is 1. The molecule has 0 aliphatic heterocycles. The summed E-state index contributed by atoms with van der Waals surface area (Å²) in [5, 5.41) is 11.8. The summed E-state index contributed by atoms with van der Waals surface area (Å²) in [6, 6.07) is 3.16. The van der Waals surface area contributed by atoms with Gasteiger partial charge < -0.3 is 10.1 Å². The monoisotopic (exact) mass is 332 g/mol. The van der Waals surface area contributed by atoms with Crippen LogP contribution in [0.3, 0.4) is 0 Å². The van der Waals surface area contributed by atoms with Crippen LogP contribution < -0.4 is 10.1 Å². The van der Waals surface area contributed by atoms with E-state index in [1.54, 1.807) is 0 Å². The summed E-state index contributed by atoms with van der Waals surface area (Å²) in [5.41, 5.74) is -0.200. The molecule has 1 atom stereocenters. The SMILES string of the molecule is C#CCOc1c(F)cc(C(=O)NC(C#N)C2CCCCC2)cc1F. The minimum absolute atomic E-state index is 0.0700. The van der Waals surface area contributed by atoms with Crippen molar-refractivity contribution in [1.29, 1.82) is 5.26 Å². The van der Waals surface area contributed by atoms with E-state index in [1.807, 2.05) is 0 Å². The van der Waals surface area contributed by atoms with Crippen LogP contribution in [0.15, 0.2) is 12.1 Å². The van der Waals surface area contributed by atoms with Gasteiger partial charge in [-0.05, 0) is 30.9 Å². The molecule has 1 unspecified atom stereocenters. The number of rotatable bonds is 5. The number of nitrogens with zero attached hydrogens (tertiary/aromatic N) is 1. The van der Waals surface area contributed by atoms with Crippen molar-refractivity contribution in [3.63, 3.8) is 0 Å². The minimum atomic E-state index is -1.01. The average molecular weight is 332 g/mol. The second-order valence-electron chi connectivity index (χ2n) is 5.74. The van der Waals surface area contributed by atoms with Crippen LogP contribution in [0.2, 0.25) is 0 Å². The quantitative estimate of drug-likeness (QED) is 0.843. The number of hydrogen-bond donors (Lipinski definition) is 1. The Hall–Kier alpha value is -2.60. The Balaban J connectivity index is 2.11. The normalized spacial score (nSPS) is 15.8. The second-order valence-corrected chi connectivity index (χ2v) is 5.74.